The van der Waals surface area contributed by atoms with Gasteiger partial charge in [-0.15, -0.1) is 0 Å². The summed E-state index contributed by atoms with van der Waals surface area (Å²) in [7, 11) is 0. The SMILES string of the molecule is Oc1ccc(-c2n[nH]c(-c3ccc(O)cc3)c2-c2ccc(O)cc2)cc1. The smallest absolute Gasteiger partial charge is 0.115 e. The first-order valence-electron chi connectivity index (χ1n) is 8.08. The van der Waals surface area contributed by atoms with Crippen molar-refractivity contribution >= 4 is 0 Å². The maximum Gasteiger partial charge on any atom is 0.115 e. The summed E-state index contributed by atoms with van der Waals surface area (Å²) in [4.78, 5) is 0. The first-order valence-corrected chi connectivity index (χ1v) is 8.08. The maximum absolute atomic E-state index is 9.61. The van der Waals surface area contributed by atoms with E-state index in [1.165, 1.54) is 0 Å². The lowest BCUT2D eigenvalue weighted by Crippen LogP contribution is -1.85. The fourth-order valence-corrected chi connectivity index (χ4v) is 2.92. The van der Waals surface area contributed by atoms with E-state index < -0.39 is 0 Å². The summed E-state index contributed by atoms with van der Waals surface area (Å²) in [6, 6.07) is 20.6. The predicted octanol–water partition coefficient (Wildman–Crippen LogP) is 4.53. The van der Waals surface area contributed by atoms with Crippen LogP contribution in [0.5, 0.6) is 17.2 Å². The number of hydrogen-bond donors (Lipinski definition) is 4. The minimum atomic E-state index is 0.189. The largest absolute Gasteiger partial charge is 0.508 e. The Hall–Kier alpha value is -3.73. The third-order valence-corrected chi connectivity index (χ3v) is 4.22. The molecule has 0 spiro atoms. The van der Waals surface area contributed by atoms with Gasteiger partial charge < -0.3 is 15.3 Å². The zero-order valence-corrected chi connectivity index (χ0v) is 13.7. The average molecular weight is 344 g/mol. The van der Waals surface area contributed by atoms with Crippen LogP contribution in [0.3, 0.4) is 0 Å². The molecule has 26 heavy (non-hydrogen) atoms. The molecule has 0 aliphatic rings. The first-order chi connectivity index (χ1) is 12.6. The third kappa shape index (κ3) is 2.86. The molecule has 0 aliphatic heterocycles. The Bertz CT molecular complexity index is 971. The van der Waals surface area contributed by atoms with Crippen LogP contribution in [0.4, 0.5) is 0 Å². The Labute approximate surface area is 149 Å². The van der Waals surface area contributed by atoms with Crippen molar-refractivity contribution in [3.63, 3.8) is 0 Å². The Morgan fingerprint density at radius 3 is 1.46 bits per heavy atom. The Morgan fingerprint density at radius 1 is 0.538 bits per heavy atom. The molecular formula is C21H16N2O3. The quantitative estimate of drug-likeness (QED) is 0.440. The van der Waals surface area contributed by atoms with Crippen molar-refractivity contribution in [1.29, 1.82) is 0 Å². The number of aromatic amines is 1. The van der Waals surface area contributed by atoms with Gasteiger partial charge in [-0.1, -0.05) is 12.1 Å². The van der Waals surface area contributed by atoms with Crippen molar-refractivity contribution in [3.8, 4) is 50.9 Å². The molecule has 0 aliphatic carbocycles. The molecular weight excluding hydrogens is 328 g/mol. The number of hydrogen-bond acceptors (Lipinski definition) is 4. The molecule has 5 heteroatoms. The van der Waals surface area contributed by atoms with Crippen molar-refractivity contribution in [2.45, 2.75) is 0 Å². The summed E-state index contributed by atoms with van der Waals surface area (Å²) in [5.41, 5.74) is 5.04. The van der Waals surface area contributed by atoms with E-state index in [2.05, 4.69) is 10.2 Å². The Morgan fingerprint density at radius 2 is 0.962 bits per heavy atom. The van der Waals surface area contributed by atoms with Crippen LogP contribution < -0.4 is 0 Å². The molecule has 4 aromatic rings. The molecule has 0 amide bonds. The monoisotopic (exact) mass is 344 g/mol. The van der Waals surface area contributed by atoms with E-state index >= 15 is 0 Å². The summed E-state index contributed by atoms with van der Waals surface area (Å²) >= 11 is 0. The molecule has 0 atom stereocenters. The van der Waals surface area contributed by atoms with Crippen LogP contribution >= 0.6 is 0 Å². The normalized spacial score (nSPS) is 10.8. The molecule has 0 fully saturated rings. The van der Waals surface area contributed by atoms with Crippen molar-refractivity contribution in [2.24, 2.45) is 0 Å². The Kier molecular flexibility index (Phi) is 3.82. The van der Waals surface area contributed by atoms with Crippen LogP contribution in [0.2, 0.25) is 0 Å². The second-order valence-corrected chi connectivity index (χ2v) is 5.96. The van der Waals surface area contributed by atoms with Gasteiger partial charge in [0.2, 0.25) is 0 Å². The van der Waals surface area contributed by atoms with Gasteiger partial charge in [-0.3, -0.25) is 5.10 Å². The minimum absolute atomic E-state index is 0.189. The number of benzene rings is 3. The van der Waals surface area contributed by atoms with E-state index in [1.54, 1.807) is 48.5 Å². The van der Waals surface area contributed by atoms with Crippen LogP contribution in [-0.2, 0) is 0 Å². The van der Waals surface area contributed by atoms with Gasteiger partial charge in [-0.25, -0.2) is 0 Å². The van der Waals surface area contributed by atoms with Gasteiger partial charge in [0.05, 0.1) is 5.69 Å². The van der Waals surface area contributed by atoms with Gasteiger partial charge in [-0.2, -0.15) is 5.10 Å². The summed E-state index contributed by atoms with van der Waals surface area (Å²) < 4.78 is 0. The summed E-state index contributed by atoms with van der Waals surface area (Å²) in [6.07, 6.45) is 0. The highest BCUT2D eigenvalue weighted by molar-refractivity contribution is 5.91. The molecule has 4 N–H and O–H groups in total. The number of nitrogens with zero attached hydrogens (tertiary/aromatic N) is 1. The molecule has 0 saturated heterocycles. The lowest BCUT2D eigenvalue weighted by atomic mass is 9.96. The molecule has 3 aromatic carbocycles. The minimum Gasteiger partial charge on any atom is -0.508 e. The van der Waals surface area contributed by atoms with Gasteiger partial charge in [0.15, 0.2) is 0 Å². The van der Waals surface area contributed by atoms with E-state index in [0.717, 1.165) is 33.6 Å². The number of phenols is 3. The van der Waals surface area contributed by atoms with Crippen LogP contribution in [0.15, 0.2) is 72.8 Å². The van der Waals surface area contributed by atoms with Crippen molar-refractivity contribution in [1.82, 2.24) is 10.2 Å². The van der Waals surface area contributed by atoms with Gasteiger partial charge >= 0.3 is 0 Å². The zero-order chi connectivity index (χ0) is 18.1. The number of rotatable bonds is 3. The molecule has 5 nitrogen and oxygen atoms in total. The van der Waals surface area contributed by atoms with Gasteiger partial charge in [-0.05, 0) is 66.2 Å². The maximum atomic E-state index is 9.61. The van der Waals surface area contributed by atoms with E-state index in [-0.39, 0.29) is 17.2 Å². The van der Waals surface area contributed by atoms with E-state index in [9.17, 15) is 15.3 Å². The van der Waals surface area contributed by atoms with Crippen LogP contribution in [0.1, 0.15) is 0 Å². The number of phenolic OH excluding ortho intramolecular Hbond substituents is 3. The molecule has 4 rings (SSSR count). The number of H-pyrrole nitrogens is 1. The van der Waals surface area contributed by atoms with Crippen LogP contribution in [-0.4, -0.2) is 25.5 Å². The van der Waals surface area contributed by atoms with E-state index in [1.807, 2.05) is 24.3 Å². The van der Waals surface area contributed by atoms with E-state index in [4.69, 9.17) is 0 Å². The summed E-state index contributed by atoms with van der Waals surface area (Å²) in [6.45, 7) is 0. The van der Waals surface area contributed by atoms with Crippen molar-refractivity contribution in [3.05, 3.63) is 72.8 Å². The second kappa shape index (κ2) is 6.29. The third-order valence-electron chi connectivity index (χ3n) is 4.22. The molecule has 0 radical (unpaired) electrons. The van der Waals surface area contributed by atoms with Crippen molar-refractivity contribution in [2.75, 3.05) is 0 Å². The molecule has 1 heterocycles. The zero-order valence-electron chi connectivity index (χ0n) is 13.7. The highest BCUT2D eigenvalue weighted by Crippen LogP contribution is 2.39. The van der Waals surface area contributed by atoms with Gasteiger partial charge in [0.1, 0.15) is 22.9 Å². The van der Waals surface area contributed by atoms with Gasteiger partial charge in [0, 0.05) is 16.7 Å². The standard InChI is InChI=1S/C21H16N2O3/c24-16-7-1-13(2-8-16)19-20(14-3-9-17(25)10-4-14)22-23-21(19)15-5-11-18(26)12-6-15/h1-12,24-26H,(H,22,23). The van der Waals surface area contributed by atoms with E-state index in [0.29, 0.717) is 0 Å². The average Bonchev–Trinajstić information content (AvgIpc) is 3.08. The topological polar surface area (TPSA) is 89.4 Å². The highest BCUT2D eigenvalue weighted by Gasteiger charge is 2.18. The number of aromatic nitrogens is 2. The molecule has 0 saturated carbocycles. The molecule has 1 aromatic heterocycles. The Balaban J connectivity index is 1.93. The lowest BCUT2D eigenvalue weighted by molar-refractivity contribution is 0.475. The number of nitrogens with one attached hydrogen (secondary N) is 1. The fourth-order valence-electron chi connectivity index (χ4n) is 2.92. The predicted molar refractivity (Wildman–Crippen MR) is 99.9 cm³/mol. The van der Waals surface area contributed by atoms with Crippen LogP contribution in [0, 0.1) is 0 Å². The summed E-state index contributed by atoms with van der Waals surface area (Å²) in [5.74, 6) is 0.571. The lowest BCUT2D eigenvalue weighted by Gasteiger charge is -2.08. The van der Waals surface area contributed by atoms with Crippen molar-refractivity contribution < 1.29 is 15.3 Å². The molecule has 0 bridgehead atoms. The second-order valence-electron chi connectivity index (χ2n) is 5.96. The molecule has 128 valence electrons. The summed E-state index contributed by atoms with van der Waals surface area (Å²) in [5, 5.41) is 36.3. The van der Waals surface area contributed by atoms with Crippen LogP contribution in [0.25, 0.3) is 33.6 Å². The fraction of sp³-hybridized carbons (Fsp3) is 0. The number of aromatic hydroxyl groups is 3. The van der Waals surface area contributed by atoms with Gasteiger partial charge in [0.25, 0.3) is 0 Å². The first kappa shape index (κ1) is 15.8. The molecule has 0 unspecified atom stereocenters. The highest BCUT2D eigenvalue weighted by atomic mass is 16.3.